The Bertz CT molecular complexity index is 1530. The van der Waals surface area contributed by atoms with Crippen molar-refractivity contribution in [3.05, 3.63) is 66.2 Å². The molecule has 1 aliphatic rings. The summed E-state index contributed by atoms with van der Waals surface area (Å²) in [5.74, 6) is -1.80. The first kappa shape index (κ1) is 24.6. The Hall–Kier alpha value is -4.09. The van der Waals surface area contributed by atoms with Gasteiger partial charge < -0.3 is 9.94 Å². The lowest BCUT2D eigenvalue weighted by Gasteiger charge is -2.12. The van der Waals surface area contributed by atoms with Crippen molar-refractivity contribution in [3.8, 4) is 16.3 Å². The van der Waals surface area contributed by atoms with Gasteiger partial charge in [0.1, 0.15) is 16.4 Å². The zero-order valence-electron chi connectivity index (χ0n) is 19.3. The van der Waals surface area contributed by atoms with Gasteiger partial charge in [0.15, 0.2) is 0 Å². The van der Waals surface area contributed by atoms with E-state index in [1.165, 1.54) is 6.07 Å². The summed E-state index contributed by atoms with van der Waals surface area (Å²) in [6.07, 6.45) is 0.295. The molecule has 0 atom stereocenters. The second-order valence-electron chi connectivity index (χ2n) is 8.26. The first-order chi connectivity index (χ1) is 17.9. The maximum absolute atomic E-state index is 12.1. The molecular formula is C26H20N4O5S2. The summed E-state index contributed by atoms with van der Waals surface area (Å²) in [6.45, 7) is 0. The van der Waals surface area contributed by atoms with Crippen LogP contribution in [0.1, 0.15) is 24.8 Å². The first-order valence-electron chi connectivity index (χ1n) is 11.4. The van der Waals surface area contributed by atoms with Crippen molar-refractivity contribution in [2.24, 2.45) is 10.2 Å². The summed E-state index contributed by atoms with van der Waals surface area (Å²) in [7, 11) is 0. The molecule has 0 saturated carbocycles. The van der Waals surface area contributed by atoms with Crippen molar-refractivity contribution >= 4 is 63.3 Å². The molecule has 1 saturated heterocycles. The number of rotatable bonds is 7. The number of aromatic hydroxyl groups is 1. The first-order valence-corrected chi connectivity index (χ1v) is 12.6. The minimum Gasteiger partial charge on any atom is -0.506 e. The van der Waals surface area contributed by atoms with Gasteiger partial charge in [-0.1, -0.05) is 12.1 Å². The quantitative estimate of drug-likeness (QED) is 0.173. The number of thiol groups is 1. The zero-order valence-corrected chi connectivity index (χ0v) is 21.0. The molecule has 1 aliphatic heterocycles. The molecule has 5 rings (SSSR count). The predicted molar refractivity (Wildman–Crippen MR) is 140 cm³/mol. The van der Waals surface area contributed by atoms with Crippen LogP contribution < -0.4 is 0 Å². The maximum Gasteiger partial charge on any atom is 0.333 e. The summed E-state index contributed by atoms with van der Waals surface area (Å²) in [6, 6.07) is 18.0. The summed E-state index contributed by atoms with van der Waals surface area (Å²) in [5, 5.41) is 20.0. The van der Waals surface area contributed by atoms with Gasteiger partial charge in [0, 0.05) is 23.3 Å². The fraction of sp³-hybridized carbons (Fsp3) is 0.154. The number of fused-ring (bicyclic) bond motifs is 1. The van der Waals surface area contributed by atoms with Gasteiger partial charge in [-0.15, -0.1) is 34.1 Å². The molecule has 1 aromatic heterocycles. The number of carbonyl (C=O) groups excluding carboxylic acids is 3. The Morgan fingerprint density at radius 1 is 1.05 bits per heavy atom. The van der Waals surface area contributed by atoms with Crippen LogP contribution in [0.2, 0.25) is 0 Å². The summed E-state index contributed by atoms with van der Waals surface area (Å²) >= 11 is 6.07. The molecule has 2 heterocycles. The highest BCUT2D eigenvalue weighted by Gasteiger charge is 2.32. The number of azo groups is 1. The lowest BCUT2D eigenvalue weighted by molar-refractivity contribution is -0.197. The molecule has 3 aromatic carbocycles. The van der Waals surface area contributed by atoms with Crippen molar-refractivity contribution in [1.82, 2.24) is 10.0 Å². The number of hydrogen-bond donors (Lipinski definition) is 2. The van der Waals surface area contributed by atoms with E-state index in [1.54, 1.807) is 23.5 Å². The number of nitrogens with zero attached hydrogens (tertiary/aromatic N) is 4. The third-order valence-electron chi connectivity index (χ3n) is 5.64. The number of amides is 2. The van der Waals surface area contributed by atoms with Crippen LogP contribution in [0.3, 0.4) is 0 Å². The second-order valence-corrected chi connectivity index (χ2v) is 9.74. The number of aromatic nitrogens is 1. The average molecular weight is 533 g/mol. The van der Waals surface area contributed by atoms with Gasteiger partial charge in [-0.05, 0) is 60.5 Å². The maximum atomic E-state index is 12.1. The number of phenols is 1. The van der Waals surface area contributed by atoms with Gasteiger partial charge in [-0.2, -0.15) is 5.11 Å². The molecular weight excluding hydrogens is 512 g/mol. The molecule has 0 aliphatic carbocycles. The van der Waals surface area contributed by atoms with Crippen molar-refractivity contribution in [1.29, 1.82) is 0 Å². The van der Waals surface area contributed by atoms with Crippen LogP contribution >= 0.6 is 24.0 Å². The number of hydroxylamine groups is 2. The lowest BCUT2D eigenvalue weighted by Crippen LogP contribution is -2.32. The van der Waals surface area contributed by atoms with Gasteiger partial charge in [-0.25, -0.2) is 9.78 Å². The molecule has 186 valence electrons. The van der Waals surface area contributed by atoms with Crippen molar-refractivity contribution in [2.75, 3.05) is 0 Å². The normalized spacial score (nSPS) is 13.7. The van der Waals surface area contributed by atoms with E-state index < -0.39 is 17.8 Å². The molecule has 11 heteroatoms. The monoisotopic (exact) mass is 532 g/mol. The molecule has 2 amide bonds. The molecule has 1 fully saturated rings. The Kier molecular flexibility index (Phi) is 6.97. The highest BCUT2D eigenvalue weighted by atomic mass is 32.1. The van der Waals surface area contributed by atoms with Crippen molar-refractivity contribution in [2.45, 2.75) is 30.6 Å². The van der Waals surface area contributed by atoms with Crippen LogP contribution in [0, 0.1) is 0 Å². The zero-order chi connectivity index (χ0) is 25.9. The van der Waals surface area contributed by atoms with E-state index in [9.17, 15) is 19.5 Å². The van der Waals surface area contributed by atoms with Gasteiger partial charge in [0.2, 0.25) is 0 Å². The van der Waals surface area contributed by atoms with Crippen LogP contribution in [0.5, 0.6) is 5.75 Å². The van der Waals surface area contributed by atoms with Crippen molar-refractivity contribution in [3.63, 3.8) is 0 Å². The van der Waals surface area contributed by atoms with E-state index in [0.29, 0.717) is 16.3 Å². The number of thiazole rings is 1. The van der Waals surface area contributed by atoms with Crippen molar-refractivity contribution < 1.29 is 24.3 Å². The molecule has 37 heavy (non-hydrogen) atoms. The number of benzene rings is 3. The minimum atomic E-state index is -0.696. The van der Waals surface area contributed by atoms with Crippen LogP contribution in [0.25, 0.3) is 20.8 Å². The highest BCUT2D eigenvalue weighted by Crippen LogP contribution is 2.35. The molecule has 4 aromatic rings. The fourth-order valence-corrected chi connectivity index (χ4v) is 5.02. The Balaban J connectivity index is 1.23. The number of carbonyl (C=O) groups is 3. The summed E-state index contributed by atoms with van der Waals surface area (Å²) < 4.78 is 1.03. The number of aryl methyl sites for hydroxylation is 1. The molecule has 0 spiro atoms. The average Bonchev–Trinajstić information content (AvgIpc) is 3.47. The van der Waals surface area contributed by atoms with E-state index in [2.05, 4.69) is 27.8 Å². The van der Waals surface area contributed by atoms with E-state index in [1.807, 2.05) is 42.5 Å². The predicted octanol–water partition coefficient (Wildman–Crippen LogP) is 5.91. The minimum absolute atomic E-state index is 0.0417. The number of imide groups is 1. The highest BCUT2D eigenvalue weighted by molar-refractivity contribution is 7.80. The third-order valence-corrected chi connectivity index (χ3v) is 7.32. The number of phenolic OH excluding ortho intramolecular Hbond substituents is 1. The van der Waals surface area contributed by atoms with Crippen LogP contribution in [0.15, 0.2) is 75.8 Å². The third kappa shape index (κ3) is 5.52. The van der Waals surface area contributed by atoms with Gasteiger partial charge >= 0.3 is 5.97 Å². The van der Waals surface area contributed by atoms with E-state index in [0.717, 1.165) is 25.7 Å². The second kappa shape index (κ2) is 10.5. The van der Waals surface area contributed by atoms with E-state index in [4.69, 9.17) is 4.84 Å². The molecule has 9 nitrogen and oxygen atoms in total. The van der Waals surface area contributed by atoms with E-state index >= 15 is 0 Å². The standard InChI is InChI=1S/C26H20N4O5S2/c31-20-10-4-15(5-13-24(34)35-30-22(32)11-12-23(30)33)14-19(20)29-28-17-8-6-16(7-9-17)26-27-18-2-1-3-21(36)25(18)37-26/h1-4,6-10,14,31,36H,5,11-13H2. The summed E-state index contributed by atoms with van der Waals surface area (Å²) in [4.78, 5) is 45.6. The van der Waals surface area contributed by atoms with Gasteiger partial charge in [-0.3, -0.25) is 9.59 Å². The van der Waals surface area contributed by atoms with Crippen LogP contribution in [-0.2, 0) is 25.6 Å². The molecule has 0 radical (unpaired) electrons. The molecule has 1 N–H and O–H groups in total. The molecule has 0 unspecified atom stereocenters. The summed E-state index contributed by atoms with van der Waals surface area (Å²) in [5.41, 5.74) is 3.39. The lowest BCUT2D eigenvalue weighted by atomic mass is 10.1. The van der Waals surface area contributed by atoms with E-state index in [-0.39, 0.29) is 37.1 Å². The fourth-order valence-electron chi connectivity index (χ4n) is 3.70. The largest absolute Gasteiger partial charge is 0.506 e. The Morgan fingerprint density at radius 2 is 1.81 bits per heavy atom. The SMILES string of the molecule is O=C(CCc1ccc(O)c(N=Nc2ccc(-c3nc4cccc(S)c4s3)cc2)c1)ON1C(=O)CCC1=O. The molecule has 0 bridgehead atoms. The number of hydrogen-bond acceptors (Lipinski definition) is 10. The smallest absolute Gasteiger partial charge is 0.333 e. The topological polar surface area (TPSA) is 122 Å². The van der Waals surface area contributed by atoms with Gasteiger partial charge in [0.05, 0.1) is 22.3 Å². The van der Waals surface area contributed by atoms with Crippen LogP contribution in [0.4, 0.5) is 11.4 Å². The van der Waals surface area contributed by atoms with Gasteiger partial charge in [0.25, 0.3) is 11.8 Å². The Labute approximate surface area is 220 Å². The van der Waals surface area contributed by atoms with Crippen LogP contribution in [-0.4, -0.2) is 32.9 Å². The Morgan fingerprint density at radius 3 is 2.54 bits per heavy atom.